The number of halogens is 10. The van der Waals surface area contributed by atoms with Crippen molar-refractivity contribution in [2.75, 3.05) is 13.2 Å². The smallest absolute Gasteiger partial charge is 0.432 e. The summed E-state index contributed by atoms with van der Waals surface area (Å²) in [5, 5.41) is 0. The second kappa shape index (κ2) is 13.9. The van der Waals surface area contributed by atoms with Crippen LogP contribution in [0.2, 0.25) is 0 Å². The summed E-state index contributed by atoms with van der Waals surface area (Å²) in [7, 11) is 0. The quantitative estimate of drug-likeness (QED) is 0.172. The van der Waals surface area contributed by atoms with Gasteiger partial charge >= 0.3 is 12.3 Å². The van der Waals surface area contributed by atoms with Gasteiger partial charge in [0.05, 0.1) is 25.6 Å². The monoisotopic (exact) mass is 640 g/mol. The molecule has 3 aromatic rings. The molecule has 0 saturated carbocycles. The summed E-state index contributed by atoms with van der Waals surface area (Å²) in [5.41, 5.74) is -2.44. The second-order valence-electron chi connectivity index (χ2n) is 9.50. The highest BCUT2D eigenvalue weighted by atomic mass is 19.4. The molecule has 4 nitrogen and oxygen atoms in total. The first-order valence-electron chi connectivity index (χ1n) is 12.7. The van der Waals surface area contributed by atoms with E-state index in [1.807, 2.05) is 6.92 Å². The summed E-state index contributed by atoms with van der Waals surface area (Å²) < 4.78 is 158. The zero-order valence-corrected chi connectivity index (χ0v) is 22.1. The fourth-order valence-electron chi connectivity index (χ4n) is 4.32. The van der Waals surface area contributed by atoms with Gasteiger partial charge in [-0.2, -0.15) is 22.0 Å². The first kappa shape index (κ1) is 34.7. The lowest BCUT2D eigenvalue weighted by atomic mass is 10.00. The summed E-state index contributed by atoms with van der Waals surface area (Å²) >= 11 is 0. The first-order valence-corrected chi connectivity index (χ1v) is 12.7. The molecule has 0 aliphatic carbocycles. The van der Waals surface area contributed by atoms with Gasteiger partial charge in [0.2, 0.25) is 0 Å². The summed E-state index contributed by atoms with van der Waals surface area (Å²) in [4.78, 5) is 0. The van der Waals surface area contributed by atoms with E-state index in [4.69, 9.17) is 9.47 Å². The molecule has 0 aromatic heterocycles. The molecule has 1 aliphatic heterocycles. The van der Waals surface area contributed by atoms with Crippen LogP contribution in [-0.2, 0) is 15.6 Å². The molecule has 44 heavy (non-hydrogen) atoms. The van der Waals surface area contributed by atoms with Crippen LogP contribution in [-0.4, -0.2) is 19.4 Å². The van der Waals surface area contributed by atoms with Gasteiger partial charge in [-0.05, 0) is 30.2 Å². The molecule has 14 heteroatoms. The van der Waals surface area contributed by atoms with Crippen LogP contribution < -0.4 is 9.47 Å². The van der Waals surface area contributed by atoms with Crippen molar-refractivity contribution in [1.82, 2.24) is 0 Å². The third-order valence-electron chi connectivity index (χ3n) is 6.23. The third-order valence-corrected chi connectivity index (χ3v) is 6.23. The van der Waals surface area contributed by atoms with Crippen LogP contribution in [0.25, 0.3) is 11.1 Å². The minimum atomic E-state index is -4.87. The van der Waals surface area contributed by atoms with Crippen molar-refractivity contribution in [2.45, 2.75) is 45.8 Å². The number of ether oxygens (including phenoxy) is 4. The van der Waals surface area contributed by atoms with Gasteiger partial charge in [0.15, 0.2) is 23.7 Å². The van der Waals surface area contributed by atoms with E-state index in [9.17, 15) is 43.9 Å². The van der Waals surface area contributed by atoms with Crippen LogP contribution >= 0.6 is 0 Å². The summed E-state index contributed by atoms with van der Waals surface area (Å²) in [6.45, 7) is 2.80. The van der Waals surface area contributed by atoms with Gasteiger partial charge in [-0.3, -0.25) is 0 Å². The molecule has 0 N–H and O–H groups in total. The molecule has 0 unspecified atom stereocenters. The maximum absolute atomic E-state index is 14.9. The topological polar surface area (TPSA) is 36.9 Å². The molecule has 3 aromatic carbocycles. The predicted octanol–water partition coefficient (Wildman–Crippen LogP) is 9.73. The van der Waals surface area contributed by atoms with Crippen molar-refractivity contribution in [2.24, 2.45) is 5.92 Å². The van der Waals surface area contributed by atoms with Gasteiger partial charge in [-0.1, -0.05) is 32.9 Å². The minimum absolute atomic E-state index is 0. The number of rotatable bonds is 9. The minimum Gasteiger partial charge on any atom is -0.459 e. The SMILES string of the molecule is C.CCCC1COC(c2ccc(-c3cc(F)c(C(F)(F)Oc4cc(F)c(O/C=C/C(F)(F)F)c(F)c4)c(F)c3)c(F)c2)OC1. The fourth-order valence-corrected chi connectivity index (χ4v) is 4.32. The van der Waals surface area contributed by atoms with Crippen molar-refractivity contribution < 1.29 is 62.9 Å². The molecule has 1 fully saturated rings. The molecule has 0 radical (unpaired) electrons. The van der Waals surface area contributed by atoms with Gasteiger partial charge in [-0.15, -0.1) is 0 Å². The average molecular weight is 641 g/mol. The lowest BCUT2D eigenvalue weighted by Gasteiger charge is -2.29. The number of hydrogen-bond donors (Lipinski definition) is 0. The van der Waals surface area contributed by atoms with Gasteiger partial charge < -0.3 is 18.9 Å². The molecule has 240 valence electrons. The van der Waals surface area contributed by atoms with E-state index >= 15 is 0 Å². The van der Waals surface area contributed by atoms with Gasteiger partial charge in [-0.25, -0.2) is 22.0 Å². The standard InChI is InChI=1S/C29H22F10O4.CH4/c1-2-3-15-13-41-27(42-14-15)16-4-5-19(20(30)8-16)17-9-21(31)25(22(32)10-17)29(38,39)43-18-11-23(33)26(24(34)12-18)40-7-6-28(35,36)37;/h4-12,15,27H,2-3,13-14H2,1H3;1H4/b7-6+;. The Morgan fingerprint density at radius 1 is 0.818 bits per heavy atom. The van der Waals surface area contributed by atoms with Gasteiger partial charge in [0.1, 0.15) is 28.8 Å². The Morgan fingerprint density at radius 3 is 1.93 bits per heavy atom. The average Bonchev–Trinajstić information content (AvgIpc) is 2.89. The Hall–Kier alpha value is -3.78. The molecule has 1 saturated heterocycles. The molecule has 0 bridgehead atoms. The van der Waals surface area contributed by atoms with Crippen molar-refractivity contribution in [3.8, 4) is 22.6 Å². The Bertz CT molecular complexity index is 1440. The highest BCUT2D eigenvalue weighted by Gasteiger charge is 2.42. The van der Waals surface area contributed by atoms with Crippen molar-refractivity contribution in [3.05, 3.63) is 95.0 Å². The Kier molecular flexibility index (Phi) is 11.0. The number of alkyl halides is 5. The molecule has 1 aliphatic rings. The molecule has 1 heterocycles. The lowest BCUT2D eigenvalue weighted by molar-refractivity contribution is -0.206. The van der Waals surface area contributed by atoms with Crippen LogP contribution in [0, 0.1) is 35.0 Å². The third kappa shape index (κ3) is 8.23. The summed E-state index contributed by atoms with van der Waals surface area (Å²) in [6.07, 6.45) is -9.33. The normalized spacial score (nSPS) is 17.4. The fraction of sp³-hybridized carbons (Fsp3) is 0.333. The molecule has 4 rings (SSSR count). The summed E-state index contributed by atoms with van der Waals surface area (Å²) in [5.74, 6) is -10.7. The maximum Gasteiger partial charge on any atom is 0.432 e. The van der Waals surface area contributed by atoms with E-state index in [1.165, 1.54) is 6.07 Å². The van der Waals surface area contributed by atoms with Crippen molar-refractivity contribution in [1.29, 1.82) is 0 Å². The molecule has 0 spiro atoms. The lowest BCUT2D eigenvalue weighted by Crippen LogP contribution is -2.27. The molecular weight excluding hydrogens is 614 g/mol. The first-order chi connectivity index (χ1) is 20.2. The Labute approximate surface area is 245 Å². The van der Waals surface area contributed by atoms with Gasteiger partial charge in [0, 0.05) is 29.2 Å². The summed E-state index contributed by atoms with van der Waals surface area (Å²) in [6, 6.07) is 4.63. The highest BCUT2D eigenvalue weighted by molar-refractivity contribution is 5.65. The van der Waals surface area contributed by atoms with E-state index < -0.39 is 76.4 Å². The van der Waals surface area contributed by atoms with Gasteiger partial charge in [0.25, 0.3) is 0 Å². The Morgan fingerprint density at radius 2 is 1.41 bits per heavy atom. The number of allylic oxidation sites excluding steroid dienone is 1. The molecule has 0 atom stereocenters. The zero-order valence-electron chi connectivity index (χ0n) is 22.1. The Balaban J connectivity index is 0.00000529. The van der Waals surface area contributed by atoms with Crippen molar-refractivity contribution >= 4 is 0 Å². The van der Waals surface area contributed by atoms with Crippen LogP contribution in [0.5, 0.6) is 11.5 Å². The largest absolute Gasteiger partial charge is 0.459 e. The van der Waals surface area contributed by atoms with E-state index in [0.717, 1.165) is 25.0 Å². The zero-order chi connectivity index (χ0) is 31.5. The van der Waals surface area contributed by atoms with E-state index in [1.54, 1.807) is 0 Å². The van der Waals surface area contributed by atoms with Crippen LogP contribution in [0.15, 0.2) is 54.8 Å². The second-order valence-corrected chi connectivity index (χ2v) is 9.50. The van der Waals surface area contributed by atoms with Crippen LogP contribution in [0.3, 0.4) is 0 Å². The maximum atomic E-state index is 14.9. The van der Waals surface area contributed by atoms with Crippen LogP contribution in [0.1, 0.15) is 44.6 Å². The molecule has 0 amide bonds. The van der Waals surface area contributed by atoms with E-state index in [0.29, 0.717) is 30.9 Å². The van der Waals surface area contributed by atoms with E-state index in [2.05, 4.69) is 9.47 Å². The number of benzene rings is 3. The molecular formula is C30H26F10O4. The predicted molar refractivity (Wildman–Crippen MR) is 138 cm³/mol. The van der Waals surface area contributed by atoms with E-state index in [-0.39, 0.29) is 37.3 Å². The van der Waals surface area contributed by atoms with Crippen LogP contribution in [0.4, 0.5) is 43.9 Å². The number of hydrogen-bond acceptors (Lipinski definition) is 4. The van der Waals surface area contributed by atoms with Crippen molar-refractivity contribution in [3.63, 3.8) is 0 Å². The highest BCUT2D eigenvalue weighted by Crippen LogP contribution is 2.39.